The van der Waals surface area contributed by atoms with Gasteiger partial charge >= 0.3 is 0 Å². The molecule has 3 rings (SSSR count). The fourth-order valence-corrected chi connectivity index (χ4v) is 3.48. The summed E-state index contributed by atoms with van der Waals surface area (Å²) in [5.41, 5.74) is 0.979. The minimum atomic E-state index is -0.320. The van der Waals surface area contributed by atoms with Crippen LogP contribution in [-0.2, 0) is 6.42 Å². The summed E-state index contributed by atoms with van der Waals surface area (Å²) in [6.45, 7) is 0. The van der Waals surface area contributed by atoms with Crippen molar-refractivity contribution >= 4 is 0 Å². The third kappa shape index (κ3) is 1.65. The van der Waals surface area contributed by atoms with Gasteiger partial charge in [0, 0.05) is 12.4 Å². The Kier molecular flexibility index (Phi) is 2.47. The summed E-state index contributed by atoms with van der Waals surface area (Å²) in [5, 5.41) is 10.5. The van der Waals surface area contributed by atoms with Crippen molar-refractivity contribution in [3.8, 4) is 0 Å². The van der Waals surface area contributed by atoms with Crippen LogP contribution in [0.4, 0.5) is 0 Å². The Labute approximate surface area is 96.7 Å². The van der Waals surface area contributed by atoms with Crippen molar-refractivity contribution in [3.05, 3.63) is 30.1 Å². The molecule has 2 nitrogen and oxygen atoms in total. The summed E-state index contributed by atoms with van der Waals surface area (Å²) in [4.78, 5) is 4.02. The minimum absolute atomic E-state index is 0.320. The van der Waals surface area contributed by atoms with Crippen LogP contribution in [0, 0.1) is 11.8 Å². The highest BCUT2D eigenvalue weighted by Gasteiger charge is 2.62. The van der Waals surface area contributed by atoms with Crippen molar-refractivity contribution in [3.63, 3.8) is 0 Å². The molecule has 0 radical (unpaired) electrons. The van der Waals surface area contributed by atoms with Crippen LogP contribution in [0.2, 0.25) is 0 Å². The fraction of sp³-hybridized carbons (Fsp3) is 0.643. The van der Waals surface area contributed by atoms with E-state index >= 15 is 0 Å². The number of fused-ring (bicyclic) bond motifs is 1. The van der Waals surface area contributed by atoms with Gasteiger partial charge in [0.1, 0.15) is 0 Å². The predicted molar refractivity (Wildman–Crippen MR) is 63.0 cm³/mol. The second kappa shape index (κ2) is 3.85. The van der Waals surface area contributed by atoms with Crippen molar-refractivity contribution in [2.24, 2.45) is 11.8 Å². The number of nitrogens with zero attached hydrogens (tertiary/aromatic N) is 1. The lowest BCUT2D eigenvalue weighted by atomic mass is 10.0. The topological polar surface area (TPSA) is 33.1 Å². The fourth-order valence-electron chi connectivity index (χ4n) is 3.48. The van der Waals surface area contributed by atoms with E-state index in [2.05, 4.69) is 17.1 Å². The van der Waals surface area contributed by atoms with Gasteiger partial charge in [0.2, 0.25) is 0 Å². The van der Waals surface area contributed by atoms with E-state index in [4.69, 9.17) is 0 Å². The maximum Gasteiger partial charge on any atom is 0.0714 e. The van der Waals surface area contributed by atoms with Crippen molar-refractivity contribution in [2.45, 2.75) is 44.1 Å². The molecule has 0 amide bonds. The van der Waals surface area contributed by atoms with E-state index in [9.17, 15) is 5.11 Å². The maximum atomic E-state index is 10.5. The largest absolute Gasteiger partial charge is 0.389 e. The number of aliphatic hydroxyl groups is 1. The smallest absolute Gasteiger partial charge is 0.0714 e. The van der Waals surface area contributed by atoms with Crippen LogP contribution >= 0.6 is 0 Å². The van der Waals surface area contributed by atoms with Gasteiger partial charge in [-0.05, 0) is 55.2 Å². The molecule has 1 aromatic rings. The number of aromatic nitrogens is 1. The van der Waals surface area contributed by atoms with Crippen molar-refractivity contribution in [1.29, 1.82) is 0 Å². The average molecular weight is 217 g/mol. The van der Waals surface area contributed by atoms with Crippen LogP contribution in [0.15, 0.2) is 24.5 Å². The van der Waals surface area contributed by atoms with E-state index in [0.717, 1.165) is 12.8 Å². The predicted octanol–water partition coefficient (Wildman–Crippen LogP) is 2.57. The van der Waals surface area contributed by atoms with Gasteiger partial charge in [-0.2, -0.15) is 0 Å². The average Bonchev–Trinajstić information content (AvgIpc) is 2.96. The summed E-state index contributed by atoms with van der Waals surface area (Å²) in [6.07, 6.45) is 10.7. The lowest BCUT2D eigenvalue weighted by molar-refractivity contribution is 0.109. The van der Waals surface area contributed by atoms with Gasteiger partial charge in [0.05, 0.1) is 5.60 Å². The quantitative estimate of drug-likeness (QED) is 0.844. The first kappa shape index (κ1) is 10.3. The molecule has 16 heavy (non-hydrogen) atoms. The highest BCUT2D eigenvalue weighted by molar-refractivity contribution is 5.17. The summed E-state index contributed by atoms with van der Waals surface area (Å²) >= 11 is 0. The van der Waals surface area contributed by atoms with Crippen LogP contribution in [0.25, 0.3) is 0 Å². The van der Waals surface area contributed by atoms with Crippen LogP contribution in [0.1, 0.15) is 37.7 Å². The van der Waals surface area contributed by atoms with E-state index in [1.54, 1.807) is 0 Å². The Balaban J connectivity index is 1.60. The SMILES string of the molecule is OC1(CCc2ccncc2)C2CCCCC21. The highest BCUT2D eigenvalue weighted by atomic mass is 16.3. The molecule has 1 heterocycles. The first-order chi connectivity index (χ1) is 7.81. The van der Waals surface area contributed by atoms with Gasteiger partial charge in [0.15, 0.2) is 0 Å². The molecule has 0 aromatic carbocycles. The number of aryl methyl sites for hydroxylation is 1. The second-order valence-electron chi connectivity index (χ2n) is 5.34. The zero-order valence-electron chi connectivity index (χ0n) is 9.60. The molecule has 2 aliphatic rings. The van der Waals surface area contributed by atoms with Crippen LogP contribution in [0.3, 0.4) is 0 Å². The number of hydrogen-bond acceptors (Lipinski definition) is 2. The van der Waals surface area contributed by atoms with Crippen molar-refractivity contribution in [2.75, 3.05) is 0 Å². The molecule has 0 bridgehead atoms. The minimum Gasteiger partial charge on any atom is -0.389 e. The zero-order chi connectivity index (χ0) is 11.0. The van der Waals surface area contributed by atoms with E-state index in [0.29, 0.717) is 11.8 Å². The summed E-state index contributed by atoms with van der Waals surface area (Å²) in [7, 11) is 0. The Bertz CT molecular complexity index is 350. The second-order valence-corrected chi connectivity index (χ2v) is 5.34. The van der Waals surface area contributed by atoms with Gasteiger partial charge < -0.3 is 5.11 Å². The molecule has 0 spiro atoms. The molecular weight excluding hydrogens is 198 g/mol. The van der Waals surface area contributed by atoms with Gasteiger partial charge in [-0.3, -0.25) is 4.98 Å². The van der Waals surface area contributed by atoms with E-state index in [1.165, 1.54) is 31.2 Å². The zero-order valence-corrected chi connectivity index (χ0v) is 9.60. The Morgan fingerprint density at radius 2 is 1.81 bits per heavy atom. The van der Waals surface area contributed by atoms with Crippen molar-refractivity contribution in [1.82, 2.24) is 4.98 Å². The first-order valence-corrected chi connectivity index (χ1v) is 6.42. The van der Waals surface area contributed by atoms with Crippen LogP contribution in [0.5, 0.6) is 0 Å². The number of hydrogen-bond donors (Lipinski definition) is 1. The molecule has 1 N–H and O–H groups in total. The van der Waals surface area contributed by atoms with Crippen LogP contribution in [-0.4, -0.2) is 15.7 Å². The molecule has 0 saturated heterocycles. The van der Waals surface area contributed by atoms with E-state index in [-0.39, 0.29) is 5.60 Å². The van der Waals surface area contributed by atoms with Gasteiger partial charge in [-0.15, -0.1) is 0 Å². The number of pyridine rings is 1. The summed E-state index contributed by atoms with van der Waals surface area (Å²) < 4.78 is 0. The first-order valence-electron chi connectivity index (χ1n) is 6.42. The summed E-state index contributed by atoms with van der Waals surface area (Å²) in [5.74, 6) is 1.23. The van der Waals surface area contributed by atoms with Gasteiger partial charge in [-0.25, -0.2) is 0 Å². The highest BCUT2D eigenvalue weighted by Crippen LogP contribution is 2.60. The standard InChI is InChI=1S/C14H19NO/c16-14(12-3-1-2-4-13(12)14)8-5-11-6-9-15-10-7-11/h6-7,9-10,12-13,16H,1-5,8H2. The lowest BCUT2D eigenvalue weighted by Crippen LogP contribution is -2.14. The molecule has 2 aliphatic carbocycles. The molecule has 1 aromatic heterocycles. The third-order valence-corrected chi connectivity index (χ3v) is 4.50. The van der Waals surface area contributed by atoms with Crippen molar-refractivity contribution < 1.29 is 5.11 Å². The normalized spacial score (nSPS) is 36.8. The van der Waals surface area contributed by atoms with E-state index in [1.807, 2.05) is 12.4 Å². The molecule has 2 heteroatoms. The Hall–Kier alpha value is -0.890. The molecule has 2 atom stereocenters. The number of rotatable bonds is 3. The third-order valence-electron chi connectivity index (χ3n) is 4.50. The van der Waals surface area contributed by atoms with Gasteiger partial charge in [0.25, 0.3) is 0 Å². The summed E-state index contributed by atoms with van der Waals surface area (Å²) in [6, 6.07) is 4.10. The maximum absolute atomic E-state index is 10.5. The molecule has 2 fully saturated rings. The lowest BCUT2D eigenvalue weighted by Gasteiger charge is -2.10. The molecular formula is C14H19NO. The molecule has 0 aliphatic heterocycles. The van der Waals surface area contributed by atoms with E-state index < -0.39 is 0 Å². The molecule has 86 valence electrons. The van der Waals surface area contributed by atoms with Gasteiger partial charge in [-0.1, -0.05) is 12.8 Å². The van der Waals surface area contributed by atoms with Crippen LogP contribution < -0.4 is 0 Å². The molecule has 2 unspecified atom stereocenters. The Morgan fingerprint density at radius 3 is 2.44 bits per heavy atom. The monoisotopic (exact) mass is 217 g/mol. The molecule has 2 saturated carbocycles. The Morgan fingerprint density at radius 1 is 1.19 bits per heavy atom.